The lowest BCUT2D eigenvalue weighted by Crippen LogP contribution is -2.04. The third kappa shape index (κ3) is 3.05. The Labute approximate surface area is 126 Å². The predicted octanol–water partition coefficient (Wildman–Crippen LogP) is 2.82. The molecule has 7 heteroatoms. The van der Waals surface area contributed by atoms with E-state index >= 15 is 0 Å². The molecule has 1 heterocycles. The van der Waals surface area contributed by atoms with Crippen LogP contribution < -0.4 is 9.47 Å². The van der Waals surface area contributed by atoms with Crippen LogP contribution in [0.3, 0.4) is 0 Å². The van der Waals surface area contributed by atoms with Gasteiger partial charge in [0.25, 0.3) is 0 Å². The van der Waals surface area contributed by atoms with Crippen molar-refractivity contribution >= 4 is 17.6 Å². The van der Waals surface area contributed by atoms with E-state index in [4.69, 9.17) is 26.2 Å². The largest absolute Gasteiger partial charge is 0.493 e. The van der Waals surface area contributed by atoms with E-state index in [1.165, 1.54) is 20.3 Å². The first kappa shape index (κ1) is 15.1. The smallest absolute Gasteiger partial charge is 0.354 e. The molecule has 0 radical (unpaired) electrons. The van der Waals surface area contributed by atoms with Gasteiger partial charge in [-0.15, -0.1) is 0 Å². The quantitative estimate of drug-likeness (QED) is 0.935. The maximum atomic E-state index is 11.1. The summed E-state index contributed by atoms with van der Waals surface area (Å²) in [5, 5.41) is 9.38. The van der Waals surface area contributed by atoms with Crippen molar-refractivity contribution in [3.63, 3.8) is 0 Å². The molecule has 1 aromatic carbocycles. The minimum Gasteiger partial charge on any atom is -0.493 e. The summed E-state index contributed by atoms with van der Waals surface area (Å²) in [6.45, 7) is 1.69. The molecule has 0 unspecified atom stereocenters. The number of ether oxygens (including phenoxy) is 2. The molecule has 0 aliphatic carbocycles. The molecule has 0 fully saturated rings. The molecule has 0 saturated carbocycles. The fourth-order valence-corrected chi connectivity index (χ4v) is 2.14. The highest BCUT2D eigenvalue weighted by Gasteiger charge is 2.15. The van der Waals surface area contributed by atoms with Gasteiger partial charge < -0.3 is 14.6 Å². The zero-order chi connectivity index (χ0) is 15.6. The molecular formula is C14H13ClN2O4. The van der Waals surface area contributed by atoms with Crippen LogP contribution in [0.1, 0.15) is 16.2 Å². The standard InChI is InChI=1S/C14H13ClN2O4/c1-7-4-10(14(18)19)17-13(16-7)8-5-9(15)12(21-3)11(6-8)20-2/h4-6H,1-3H3,(H,18,19). The molecule has 0 aliphatic heterocycles. The van der Waals surface area contributed by atoms with Gasteiger partial charge in [-0.05, 0) is 25.1 Å². The maximum Gasteiger partial charge on any atom is 0.354 e. The SMILES string of the molecule is COc1cc(-c2nc(C)cc(C(=O)O)n2)cc(Cl)c1OC. The van der Waals surface area contributed by atoms with Gasteiger partial charge in [-0.25, -0.2) is 14.8 Å². The van der Waals surface area contributed by atoms with E-state index in [9.17, 15) is 4.79 Å². The Morgan fingerprint density at radius 1 is 1.19 bits per heavy atom. The van der Waals surface area contributed by atoms with Crippen molar-refractivity contribution in [2.45, 2.75) is 6.92 Å². The molecule has 1 N–H and O–H groups in total. The average molecular weight is 309 g/mol. The van der Waals surface area contributed by atoms with E-state index < -0.39 is 5.97 Å². The Hall–Kier alpha value is -2.34. The number of aromatic nitrogens is 2. The second-order valence-electron chi connectivity index (χ2n) is 4.22. The van der Waals surface area contributed by atoms with Crippen LogP contribution in [0.15, 0.2) is 18.2 Å². The number of hydrogen-bond donors (Lipinski definition) is 1. The Bertz CT molecular complexity index is 704. The Morgan fingerprint density at radius 2 is 1.90 bits per heavy atom. The fraction of sp³-hybridized carbons (Fsp3) is 0.214. The van der Waals surface area contributed by atoms with Crippen molar-refractivity contribution in [1.82, 2.24) is 9.97 Å². The van der Waals surface area contributed by atoms with Crippen molar-refractivity contribution in [3.05, 3.63) is 34.6 Å². The normalized spacial score (nSPS) is 10.3. The molecule has 1 aromatic heterocycles. The Kier molecular flexibility index (Phi) is 4.28. The number of aromatic carboxylic acids is 1. The van der Waals surface area contributed by atoms with Gasteiger partial charge in [-0.1, -0.05) is 11.6 Å². The molecule has 0 atom stereocenters. The summed E-state index contributed by atoms with van der Waals surface area (Å²) in [5.41, 5.74) is 1.01. The lowest BCUT2D eigenvalue weighted by atomic mass is 10.1. The lowest BCUT2D eigenvalue weighted by Gasteiger charge is -2.11. The number of halogens is 1. The minimum absolute atomic E-state index is 0.0802. The second-order valence-corrected chi connectivity index (χ2v) is 4.62. The summed E-state index contributed by atoms with van der Waals surface area (Å²) in [5.74, 6) is -0.0421. The first-order valence-corrected chi connectivity index (χ1v) is 6.35. The van der Waals surface area contributed by atoms with E-state index in [0.29, 0.717) is 27.8 Å². The fourth-order valence-electron chi connectivity index (χ4n) is 1.85. The summed E-state index contributed by atoms with van der Waals surface area (Å²) < 4.78 is 10.4. The van der Waals surface area contributed by atoms with Crippen LogP contribution in [-0.2, 0) is 0 Å². The lowest BCUT2D eigenvalue weighted by molar-refractivity contribution is 0.0690. The molecular weight excluding hydrogens is 296 g/mol. The van der Waals surface area contributed by atoms with Gasteiger partial charge in [0.15, 0.2) is 23.0 Å². The number of carboxylic acids is 1. The monoisotopic (exact) mass is 308 g/mol. The van der Waals surface area contributed by atoms with Crippen molar-refractivity contribution in [1.29, 1.82) is 0 Å². The van der Waals surface area contributed by atoms with E-state index in [1.54, 1.807) is 19.1 Å². The van der Waals surface area contributed by atoms with Crippen molar-refractivity contribution < 1.29 is 19.4 Å². The van der Waals surface area contributed by atoms with Gasteiger partial charge in [0.1, 0.15) is 0 Å². The number of hydrogen-bond acceptors (Lipinski definition) is 5. The summed E-state index contributed by atoms with van der Waals surface area (Å²) in [6, 6.07) is 4.64. The number of nitrogens with zero attached hydrogens (tertiary/aromatic N) is 2. The van der Waals surface area contributed by atoms with Crippen molar-refractivity contribution in [2.75, 3.05) is 14.2 Å². The molecule has 0 bridgehead atoms. The summed E-state index contributed by atoms with van der Waals surface area (Å²) >= 11 is 6.13. The zero-order valence-electron chi connectivity index (χ0n) is 11.7. The van der Waals surface area contributed by atoms with Crippen LogP contribution in [0.5, 0.6) is 11.5 Å². The highest BCUT2D eigenvalue weighted by atomic mass is 35.5. The molecule has 21 heavy (non-hydrogen) atoms. The molecule has 0 spiro atoms. The summed E-state index contributed by atoms with van der Waals surface area (Å²) in [6.07, 6.45) is 0. The van der Waals surface area contributed by atoms with Crippen LogP contribution >= 0.6 is 11.6 Å². The molecule has 2 aromatic rings. The first-order chi connectivity index (χ1) is 9.96. The minimum atomic E-state index is -1.12. The van der Waals surface area contributed by atoms with Crippen molar-refractivity contribution in [2.24, 2.45) is 0 Å². The Morgan fingerprint density at radius 3 is 2.48 bits per heavy atom. The number of carbonyl (C=O) groups is 1. The van der Waals surface area contributed by atoms with Crippen molar-refractivity contribution in [3.8, 4) is 22.9 Å². The highest BCUT2D eigenvalue weighted by Crippen LogP contribution is 2.38. The van der Waals surface area contributed by atoms with Gasteiger partial charge in [-0.3, -0.25) is 0 Å². The molecule has 6 nitrogen and oxygen atoms in total. The van der Waals surface area contributed by atoms with Gasteiger partial charge in [0.2, 0.25) is 0 Å². The third-order valence-corrected chi connectivity index (χ3v) is 3.05. The first-order valence-electron chi connectivity index (χ1n) is 5.97. The van der Waals surface area contributed by atoms with Crippen LogP contribution in [0.2, 0.25) is 5.02 Å². The molecule has 110 valence electrons. The van der Waals surface area contributed by atoms with Gasteiger partial charge in [0.05, 0.1) is 19.2 Å². The maximum absolute atomic E-state index is 11.1. The number of benzene rings is 1. The highest BCUT2D eigenvalue weighted by molar-refractivity contribution is 6.32. The van der Waals surface area contributed by atoms with Crippen LogP contribution in [-0.4, -0.2) is 35.3 Å². The van der Waals surface area contributed by atoms with Crippen LogP contribution in [0.4, 0.5) is 0 Å². The van der Waals surface area contributed by atoms with Gasteiger partial charge in [0, 0.05) is 11.3 Å². The second kappa shape index (κ2) is 5.97. The van der Waals surface area contributed by atoms with Crippen LogP contribution in [0, 0.1) is 6.92 Å². The molecule has 2 rings (SSSR count). The third-order valence-electron chi connectivity index (χ3n) is 2.77. The summed E-state index contributed by atoms with van der Waals surface area (Å²) in [4.78, 5) is 19.3. The summed E-state index contributed by atoms with van der Waals surface area (Å²) in [7, 11) is 2.97. The Balaban J connectivity index is 2.62. The topological polar surface area (TPSA) is 81.5 Å². The predicted molar refractivity (Wildman–Crippen MR) is 77.3 cm³/mol. The number of carboxylic acid groups (broad SMARTS) is 1. The number of aryl methyl sites for hydroxylation is 1. The van der Waals surface area contributed by atoms with Crippen LogP contribution in [0.25, 0.3) is 11.4 Å². The van der Waals surface area contributed by atoms with E-state index in [1.807, 2.05) is 0 Å². The number of rotatable bonds is 4. The number of methoxy groups -OCH3 is 2. The molecule has 0 amide bonds. The molecule has 0 aliphatic rings. The van der Waals surface area contributed by atoms with E-state index in [0.717, 1.165) is 0 Å². The van der Waals surface area contributed by atoms with E-state index in [2.05, 4.69) is 9.97 Å². The molecule has 0 saturated heterocycles. The van der Waals surface area contributed by atoms with E-state index in [-0.39, 0.29) is 11.5 Å². The van der Waals surface area contributed by atoms with Gasteiger partial charge >= 0.3 is 5.97 Å². The zero-order valence-corrected chi connectivity index (χ0v) is 12.4. The average Bonchev–Trinajstić information content (AvgIpc) is 2.45. The van der Waals surface area contributed by atoms with Gasteiger partial charge in [-0.2, -0.15) is 0 Å².